The van der Waals surface area contributed by atoms with Crippen LogP contribution in [0.25, 0.3) is 0 Å². The van der Waals surface area contributed by atoms with Crippen molar-refractivity contribution in [1.29, 1.82) is 0 Å². The molecule has 0 atom stereocenters. The maximum atomic E-state index is 11.8. The molecule has 0 bridgehead atoms. The molecule has 19 heavy (non-hydrogen) atoms. The van der Waals surface area contributed by atoms with Crippen LogP contribution in [0, 0.1) is 0 Å². The first-order chi connectivity index (χ1) is 8.88. The van der Waals surface area contributed by atoms with Crippen molar-refractivity contribution in [2.24, 2.45) is 0 Å². The van der Waals surface area contributed by atoms with Gasteiger partial charge in [-0.1, -0.05) is 15.9 Å². The van der Waals surface area contributed by atoms with E-state index in [4.69, 9.17) is 0 Å². The Kier molecular flexibility index (Phi) is 5.98. The number of carbonyl (C=O) groups excluding carboxylic acids is 2. The van der Waals surface area contributed by atoms with E-state index in [1.165, 1.54) is 4.90 Å². The van der Waals surface area contributed by atoms with Gasteiger partial charge in [-0.2, -0.15) is 0 Å². The van der Waals surface area contributed by atoms with Crippen LogP contribution in [-0.4, -0.2) is 55.8 Å². The molecular formula is C13H18BrN3O2. The zero-order valence-corrected chi connectivity index (χ0v) is 12.9. The molecule has 1 aromatic carbocycles. The maximum absolute atomic E-state index is 11.8. The number of benzene rings is 1. The molecule has 0 fully saturated rings. The van der Waals surface area contributed by atoms with Gasteiger partial charge in [0.1, 0.15) is 0 Å². The Hall–Kier alpha value is -1.40. The van der Waals surface area contributed by atoms with Gasteiger partial charge in [-0.05, 0) is 31.3 Å². The number of carbonyl (C=O) groups is 2. The smallest absolute Gasteiger partial charge is 0.238 e. The fourth-order valence-electron chi connectivity index (χ4n) is 1.41. The summed E-state index contributed by atoms with van der Waals surface area (Å²) >= 11 is 3.33. The molecule has 0 radical (unpaired) electrons. The van der Waals surface area contributed by atoms with Crippen LogP contribution in [0.15, 0.2) is 28.7 Å². The number of amides is 2. The largest absolute Gasteiger partial charge is 0.348 e. The molecule has 0 aliphatic heterocycles. The quantitative estimate of drug-likeness (QED) is 0.889. The molecule has 0 spiro atoms. The molecule has 1 rings (SSSR count). The lowest BCUT2D eigenvalue weighted by Gasteiger charge is -2.18. The van der Waals surface area contributed by atoms with E-state index in [-0.39, 0.29) is 24.9 Å². The molecule has 0 heterocycles. The summed E-state index contributed by atoms with van der Waals surface area (Å²) < 4.78 is 0.958. The summed E-state index contributed by atoms with van der Waals surface area (Å²) in [5.74, 6) is -0.171. The molecule has 0 unspecified atom stereocenters. The molecule has 2 amide bonds. The van der Waals surface area contributed by atoms with Crippen LogP contribution >= 0.6 is 15.9 Å². The van der Waals surface area contributed by atoms with Crippen LogP contribution < -0.4 is 5.32 Å². The number of likely N-dealkylation sites (N-methyl/N-ethyl adjacent to an activating group) is 2. The number of nitrogens with one attached hydrogen (secondary N) is 1. The molecule has 0 aliphatic carbocycles. The number of nitrogens with zero attached hydrogens (tertiary/aromatic N) is 2. The summed E-state index contributed by atoms with van der Waals surface area (Å²) in [5, 5.41) is 2.78. The van der Waals surface area contributed by atoms with Gasteiger partial charge >= 0.3 is 0 Å². The van der Waals surface area contributed by atoms with E-state index in [1.54, 1.807) is 26.0 Å². The lowest BCUT2D eigenvalue weighted by atomic mass is 10.3. The highest BCUT2D eigenvalue weighted by Gasteiger charge is 2.11. The molecule has 6 heteroatoms. The van der Waals surface area contributed by atoms with Crippen molar-refractivity contribution >= 4 is 33.4 Å². The van der Waals surface area contributed by atoms with Gasteiger partial charge in [0, 0.05) is 24.3 Å². The normalized spacial score (nSPS) is 10.4. The Labute approximate surface area is 121 Å². The molecular weight excluding hydrogens is 310 g/mol. The van der Waals surface area contributed by atoms with Crippen molar-refractivity contribution in [1.82, 2.24) is 9.80 Å². The lowest BCUT2D eigenvalue weighted by Crippen LogP contribution is -2.38. The standard InChI is InChI=1S/C13H18BrN3O2/c1-16(2)13(19)9-17(3)8-12(18)15-11-6-4-10(14)5-7-11/h4-7H,8-9H2,1-3H3,(H,15,18). The minimum absolute atomic E-state index is 0.0288. The van der Waals surface area contributed by atoms with Crippen LogP contribution in [0.4, 0.5) is 5.69 Å². The predicted molar refractivity (Wildman–Crippen MR) is 79.0 cm³/mol. The third-order valence-corrected chi connectivity index (χ3v) is 2.97. The second-order valence-corrected chi connectivity index (χ2v) is 5.43. The molecule has 5 nitrogen and oxygen atoms in total. The molecule has 1 aromatic rings. The van der Waals surface area contributed by atoms with Crippen molar-refractivity contribution in [3.8, 4) is 0 Å². The van der Waals surface area contributed by atoms with E-state index in [0.717, 1.165) is 10.2 Å². The van der Waals surface area contributed by atoms with Gasteiger partial charge in [0.2, 0.25) is 11.8 Å². The summed E-state index contributed by atoms with van der Waals surface area (Å²) in [4.78, 5) is 26.4. The van der Waals surface area contributed by atoms with Gasteiger partial charge < -0.3 is 10.2 Å². The average Bonchev–Trinajstić information content (AvgIpc) is 2.31. The topological polar surface area (TPSA) is 52.7 Å². The van der Waals surface area contributed by atoms with E-state index >= 15 is 0 Å². The number of rotatable bonds is 5. The monoisotopic (exact) mass is 327 g/mol. The summed E-state index contributed by atoms with van der Waals surface area (Å²) in [7, 11) is 5.12. The van der Waals surface area contributed by atoms with Crippen molar-refractivity contribution in [2.75, 3.05) is 39.5 Å². The number of hydrogen-bond donors (Lipinski definition) is 1. The molecule has 1 N–H and O–H groups in total. The van der Waals surface area contributed by atoms with Gasteiger partial charge in [0.25, 0.3) is 0 Å². The van der Waals surface area contributed by atoms with Crippen LogP contribution in [0.3, 0.4) is 0 Å². The SMILES string of the molecule is CN(CC(=O)Nc1ccc(Br)cc1)CC(=O)N(C)C. The zero-order valence-electron chi connectivity index (χ0n) is 11.3. The third kappa shape index (κ3) is 5.85. The molecule has 0 saturated heterocycles. The van der Waals surface area contributed by atoms with Crippen LogP contribution in [-0.2, 0) is 9.59 Å². The van der Waals surface area contributed by atoms with Gasteiger partial charge in [0.15, 0.2) is 0 Å². The van der Waals surface area contributed by atoms with E-state index in [1.807, 2.05) is 24.3 Å². The lowest BCUT2D eigenvalue weighted by molar-refractivity contribution is -0.130. The summed E-state index contributed by atoms with van der Waals surface area (Å²) in [6.45, 7) is 0.399. The van der Waals surface area contributed by atoms with E-state index in [9.17, 15) is 9.59 Å². The van der Waals surface area contributed by atoms with E-state index in [2.05, 4.69) is 21.2 Å². The van der Waals surface area contributed by atoms with Gasteiger partial charge in [-0.15, -0.1) is 0 Å². The summed E-state index contributed by atoms with van der Waals surface area (Å²) in [6.07, 6.45) is 0. The summed E-state index contributed by atoms with van der Waals surface area (Å²) in [6, 6.07) is 7.34. The maximum Gasteiger partial charge on any atom is 0.238 e. The highest BCUT2D eigenvalue weighted by atomic mass is 79.9. The molecule has 0 saturated carbocycles. The first kappa shape index (κ1) is 15.7. The zero-order chi connectivity index (χ0) is 14.4. The van der Waals surface area contributed by atoms with Crippen molar-refractivity contribution in [3.63, 3.8) is 0 Å². The fourth-order valence-corrected chi connectivity index (χ4v) is 1.67. The highest BCUT2D eigenvalue weighted by molar-refractivity contribution is 9.10. The Bertz CT molecular complexity index is 446. The van der Waals surface area contributed by atoms with Crippen molar-refractivity contribution in [2.45, 2.75) is 0 Å². The Morgan fingerprint density at radius 3 is 2.21 bits per heavy atom. The van der Waals surface area contributed by atoms with Crippen molar-refractivity contribution in [3.05, 3.63) is 28.7 Å². The van der Waals surface area contributed by atoms with Crippen molar-refractivity contribution < 1.29 is 9.59 Å². The first-order valence-corrected chi connectivity index (χ1v) is 6.62. The summed E-state index contributed by atoms with van der Waals surface area (Å²) in [5.41, 5.74) is 0.737. The second-order valence-electron chi connectivity index (χ2n) is 4.52. The minimum atomic E-state index is -0.142. The number of halogens is 1. The van der Waals surface area contributed by atoms with Gasteiger partial charge in [0.05, 0.1) is 13.1 Å². The molecule has 0 aromatic heterocycles. The predicted octanol–water partition coefficient (Wildman–Crippen LogP) is 1.41. The van der Waals surface area contributed by atoms with E-state index in [0.29, 0.717) is 0 Å². The van der Waals surface area contributed by atoms with Crippen LogP contribution in [0.5, 0.6) is 0 Å². The highest BCUT2D eigenvalue weighted by Crippen LogP contribution is 2.13. The Balaban J connectivity index is 2.42. The Morgan fingerprint density at radius 2 is 1.68 bits per heavy atom. The number of hydrogen-bond acceptors (Lipinski definition) is 3. The molecule has 0 aliphatic rings. The first-order valence-electron chi connectivity index (χ1n) is 5.82. The van der Waals surface area contributed by atoms with Crippen LogP contribution in [0.1, 0.15) is 0 Å². The molecule has 104 valence electrons. The minimum Gasteiger partial charge on any atom is -0.348 e. The van der Waals surface area contributed by atoms with Gasteiger partial charge in [-0.25, -0.2) is 0 Å². The average molecular weight is 328 g/mol. The Morgan fingerprint density at radius 1 is 1.11 bits per heavy atom. The third-order valence-electron chi connectivity index (χ3n) is 2.45. The van der Waals surface area contributed by atoms with Crippen LogP contribution in [0.2, 0.25) is 0 Å². The van der Waals surface area contributed by atoms with E-state index < -0.39 is 0 Å². The van der Waals surface area contributed by atoms with Gasteiger partial charge in [-0.3, -0.25) is 14.5 Å². The second kappa shape index (κ2) is 7.25. The number of anilines is 1. The fraction of sp³-hybridized carbons (Fsp3) is 0.385.